The molecule has 0 radical (unpaired) electrons. The summed E-state index contributed by atoms with van der Waals surface area (Å²) in [6.45, 7) is 8.73. The quantitative estimate of drug-likeness (QED) is 0.797. The van der Waals surface area contributed by atoms with Gasteiger partial charge >= 0.3 is 0 Å². The molecule has 2 nitrogen and oxygen atoms in total. The lowest BCUT2D eigenvalue weighted by molar-refractivity contribution is 0.543. The Labute approximate surface area is 116 Å². The zero-order valence-electron chi connectivity index (χ0n) is 12.2. The van der Waals surface area contributed by atoms with Crippen molar-refractivity contribution in [3.63, 3.8) is 0 Å². The molecule has 0 aliphatic rings. The van der Waals surface area contributed by atoms with Crippen LogP contribution in [-0.2, 0) is 6.42 Å². The van der Waals surface area contributed by atoms with Gasteiger partial charge < -0.3 is 5.32 Å². The van der Waals surface area contributed by atoms with Crippen LogP contribution in [0.5, 0.6) is 0 Å². The third kappa shape index (κ3) is 4.32. The molecule has 1 aromatic carbocycles. The van der Waals surface area contributed by atoms with Crippen molar-refractivity contribution in [2.45, 2.75) is 33.6 Å². The van der Waals surface area contributed by atoms with Gasteiger partial charge in [0.05, 0.1) is 5.52 Å². The highest BCUT2D eigenvalue weighted by atomic mass is 14.8. The molecule has 1 aromatic heterocycles. The third-order valence-corrected chi connectivity index (χ3v) is 3.26. The molecule has 0 aliphatic carbocycles. The van der Waals surface area contributed by atoms with Crippen molar-refractivity contribution in [3.05, 3.63) is 41.6 Å². The minimum atomic E-state index is 0.731. The van der Waals surface area contributed by atoms with Crippen molar-refractivity contribution >= 4 is 10.9 Å². The SMILES string of the molecule is Cc1ccc2cc(CCCNCC(C)C)ccc2n1. The molecule has 0 unspecified atom stereocenters. The van der Waals surface area contributed by atoms with Crippen molar-refractivity contribution in [1.82, 2.24) is 10.3 Å². The van der Waals surface area contributed by atoms with Gasteiger partial charge in [0.25, 0.3) is 0 Å². The number of aryl methyl sites for hydroxylation is 2. The van der Waals surface area contributed by atoms with E-state index in [-0.39, 0.29) is 0 Å². The Morgan fingerprint density at radius 3 is 2.79 bits per heavy atom. The third-order valence-electron chi connectivity index (χ3n) is 3.26. The Hall–Kier alpha value is -1.41. The first kappa shape index (κ1) is 14.0. The highest BCUT2D eigenvalue weighted by Gasteiger charge is 1.99. The van der Waals surface area contributed by atoms with Crippen LogP contribution in [0.15, 0.2) is 30.3 Å². The molecule has 0 spiro atoms. The van der Waals surface area contributed by atoms with Crippen LogP contribution < -0.4 is 5.32 Å². The van der Waals surface area contributed by atoms with Crippen molar-refractivity contribution in [1.29, 1.82) is 0 Å². The molecule has 19 heavy (non-hydrogen) atoms. The number of pyridine rings is 1. The van der Waals surface area contributed by atoms with Gasteiger partial charge in [0, 0.05) is 11.1 Å². The van der Waals surface area contributed by atoms with E-state index < -0.39 is 0 Å². The van der Waals surface area contributed by atoms with Crippen molar-refractivity contribution in [2.75, 3.05) is 13.1 Å². The summed E-state index contributed by atoms with van der Waals surface area (Å²) in [5.74, 6) is 0.731. The molecular formula is C17H24N2. The van der Waals surface area contributed by atoms with E-state index in [4.69, 9.17) is 0 Å². The summed E-state index contributed by atoms with van der Waals surface area (Å²) in [7, 11) is 0. The lowest BCUT2D eigenvalue weighted by Gasteiger charge is -2.07. The number of rotatable bonds is 6. The summed E-state index contributed by atoms with van der Waals surface area (Å²) in [5, 5.41) is 4.74. The second kappa shape index (κ2) is 6.67. The van der Waals surface area contributed by atoms with Gasteiger partial charge in [-0.2, -0.15) is 0 Å². The number of benzene rings is 1. The molecular weight excluding hydrogens is 232 g/mol. The van der Waals surface area contributed by atoms with Crippen LogP contribution in [0.2, 0.25) is 0 Å². The molecule has 0 saturated carbocycles. The van der Waals surface area contributed by atoms with E-state index in [2.05, 4.69) is 54.5 Å². The first-order valence-electron chi connectivity index (χ1n) is 7.22. The zero-order chi connectivity index (χ0) is 13.7. The number of hydrogen-bond donors (Lipinski definition) is 1. The van der Waals surface area contributed by atoms with Crippen LogP contribution >= 0.6 is 0 Å². The van der Waals surface area contributed by atoms with Gasteiger partial charge in [-0.05, 0) is 62.5 Å². The first-order chi connectivity index (χ1) is 9.15. The molecule has 0 fully saturated rings. The molecule has 0 atom stereocenters. The zero-order valence-corrected chi connectivity index (χ0v) is 12.2. The highest BCUT2D eigenvalue weighted by Crippen LogP contribution is 2.15. The van der Waals surface area contributed by atoms with Gasteiger partial charge in [-0.3, -0.25) is 4.98 Å². The monoisotopic (exact) mass is 256 g/mol. The molecule has 0 bridgehead atoms. The maximum absolute atomic E-state index is 4.53. The Morgan fingerprint density at radius 1 is 1.16 bits per heavy atom. The number of nitrogens with zero attached hydrogens (tertiary/aromatic N) is 1. The van der Waals surface area contributed by atoms with Crippen molar-refractivity contribution in [2.24, 2.45) is 5.92 Å². The van der Waals surface area contributed by atoms with Crippen LogP contribution in [0.1, 0.15) is 31.5 Å². The fourth-order valence-corrected chi connectivity index (χ4v) is 2.24. The minimum absolute atomic E-state index is 0.731. The van der Waals surface area contributed by atoms with Crippen LogP contribution in [0.25, 0.3) is 10.9 Å². The highest BCUT2D eigenvalue weighted by molar-refractivity contribution is 5.79. The first-order valence-corrected chi connectivity index (χ1v) is 7.22. The summed E-state index contributed by atoms with van der Waals surface area (Å²) >= 11 is 0. The standard InChI is InChI=1S/C17H24N2/c1-13(2)12-18-10-4-5-15-7-9-17-16(11-15)8-6-14(3)19-17/h6-9,11,13,18H,4-5,10,12H2,1-3H3. The summed E-state index contributed by atoms with van der Waals surface area (Å²) in [4.78, 5) is 4.53. The molecule has 2 aromatic rings. The van der Waals surface area contributed by atoms with Crippen LogP contribution in [0.4, 0.5) is 0 Å². The molecule has 2 rings (SSSR count). The van der Waals surface area contributed by atoms with Gasteiger partial charge in [0.2, 0.25) is 0 Å². The second-order valence-electron chi connectivity index (χ2n) is 5.68. The molecule has 0 saturated heterocycles. The van der Waals surface area contributed by atoms with Crippen molar-refractivity contribution < 1.29 is 0 Å². The fraction of sp³-hybridized carbons (Fsp3) is 0.471. The Morgan fingerprint density at radius 2 is 2.00 bits per heavy atom. The van der Waals surface area contributed by atoms with Crippen LogP contribution in [0, 0.1) is 12.8 Å². The predicted molar refractivity (Wildman–Crippen MR) is 82.5 cm³/mol. The van der Waals surface area contributed by atoms with E-state index in [1.165, 1.54) is 17.4 Å². The second-order valence-corrected chi connectivity index (χ2v) is 5.68. The lowest BCUT2D eigenvalue weighted by Crippen LogP contribution is -2.21. The van der Waals surface area contributed by atoms with Gasteiger partial charge in [0.15, 0.2) is 0 Å². The van der Waals surface area contributed by atoms with E-state index in [0.717, 1.165) is 36.6 Å². The summed E-state index contributed by atoms with van der Waals surface area (Å²) < 4.78 is 0. The molecule has 1 heterocycles. The smallest absolute Gasteiger partial charge is 0.0705 e. The predicted octanol–water partition coefficient (Wildman–Crippen LogP) is 3.72. The maximum Gasteiger partial charge on any atom is 0.0705 e. The summed E-state index contributed by atoms with van der Waals surface area (Å²) in [6, 6.07) is 10.9. The minimum Gasteiger partial charge on any atom is -0.316 e. The molecule has 1 N–H and O–H groups in total. The number of nitrogens with one attached hydrogen (secondary N) is 1. The van der Waals surface area contributed by atoms with Crippen molar-refractivity contribution in [3.8, 4) is 0 Å². The molecule has 2 heteroatoms. The van der Waals surface area contributed by atoms with Crippen LogP contribution in [0.3, 0.4) is 0 Å². The number of hydrogen-bond acceptors (Lipinski definition) is 2. The largest absolute Gasteiger partial charge is 0.316 e. The topological polar surface area (TPSA) is 24.9 Å². The van der Waals surface area contributed by atoms with Crippen LogP contribution in [-0.4, -0.2) is 18.1 Å². The normalized spacial score (nSPS) is 11.4. The van der Waals surface area contributed by atoms with E-state index in [0.29, 0.717) is 0 Å². The van der Waals surface area contributed by atoms with E-state index in [1.54, 1.807) is 0 Å². The van der Waals surface area contributed by atoms with Gasteiger partial charge in [-0.15, -0.1) is 0 Å². The lowest BCUT2D eigenvalue weighted by atomic mass is 10.1. The summed E-state index contributed by atoms with van der Waals surface area (Å²) in [6.07, 6.45) is 2.33. The molecule has 0 aliphatic heterocycles. The Balaban J connectivity index is 1.89. The fourth-order valence-electron chi connectivity index (χ4n) is 2.24. The molecule has 0 amide bonds. The maximum atomic E-state index is 4.53. The Bertz CT molecular complexity index is 532. The number of fused-ring (bicyclic) bond motifs is 1. The van der Waals surface area contributed by atoms with E-state index in [9.17, 15) is 0 Å². The Kier molecular flexibility index (Phi) is 4.92. The van der Waals surface area contributed by atoms with E-state index >= 15 is 0 Å². The average molecular weight is 256 g/mol. The summed E-state index contributed by atoms with van der Waals surface area (Å²) in [5.41, 5.74) is 3.59. The van der Waals surface area contributed by atoms with Gasteiger partial charge in [-0.25, -0.2) is 0 Å². The van der Waals surface area contributed by atoms with E-state index in [1.807, 2.05) is 6.92 Å². The molecule has 102 valence electrons. The average Bonchev–Trinajstić information content (AvgIpc) is 2.38. The van der Waals surface area contributed by atoms with Gasteiger partial charge in [-0.1, -0.05) is 26.0 Å². The van der Waals surface area contributed by atoms with Gasteiger partial charge in [0.1, 0.15) is 0 Å². The number of aromatic nitrogens is 1.